The number of anilines is 1. The van der Waals surface area contributed by atoms with Gasteiger partial charge < -0.3 is 11.1 Å². The van der Waals surface area contributed by atoms with Gasteiger partial charge in [-0.05, 0) is 30.9 Å². The Kier molecular flexibility index (Phi) is 9.67. The van der Waals surface area contributed by atoms with E-state index in [0.29, 0.717) is 49.0 Å². The average molecular weight is 508 g/mol. The lowest BCUT2D eigenvalue weighted by Gasteiger charge is -2.49. The predicted octanol–water partition coefficient (Wildman–Crippen LogP) is 3.38. The molecule has 0 atom stereocenters. The minimum Gasteiger partial charge on any atom is -0.398 e. The zero-order valence-corrected chi connectivity index (χ0v) is 21.4. The summed E-state index contributed by atoms with van der Waals surface area (Å²) in [4.78, 5) is 15.3. The average Bonchev–Trinajstić information content (AvgIpc) is 2.72. The lowest BCUT2D eigenvalue weighted by atomic mass is 9.79. The molecule has 0 bridgehead atoms. The quantitative estimate of drug-likeness (QED) is 0.552. The number of halogens is 2. The fourth-order valence-electron chi connectivity index (χ4n) is 4.90. The molecule has 1 aromatic rings. The van der Waals surface area contributed by atoms with Gasteiger partial charge >= 0.3 is 0 Å². The van der Waals surface area contributed by atoms with Crippen LogP contribution in [0.3, 0.4) is 0 Å². The van der Waals surface area contributed by atoms with Gasteiger partial charge in [-0.3, -0.25) is 9.69 Å². The molecule has 0 spiro atoms. The van der Waals surface area contributed by atoms with E-state index in [2.05, 4.69) is 10.2 Å². The maximum absolute atomic E-state index is 12.9. The maximum Gasteiger partial charge on any atom is 0.254 e. The Labute approximate surface area is 203 Å². The molecule has 10 heteroatoms. The molecular weight excluding hydrogens is 471 g/mol. The highest BCUT2D eigenvalue weighted by molar-refractivity contribution is 7.89. The van der Waals surface area contributed by atoms with Gasteiger partial charge in [0.2, 0.25) is 10.0 Å². The van der Waals surface area contributed by atoms with Crippen molar-refractivity contribution in [2.45, 2.75) is 51.5 Å². The smallest absolute Gasteiger partial charge is 0.254 e. The second-order valence-electron chi connectivity index (χ2n) is 9.23. The van der Waals surface area contributed by atoms with Crippen LogP contribution < -0.4 is 11.1 Å². The van der Waals surface area contributed by atoms with Crippen molar-refractivity contribution in [3.63, 3.8) is 0 Å². The van der Waals surface area contributed by atoms with Crippen molar-refractivity contribution in [2.24, 2.45) is 5.92 Å². The Bertz CT molecular complexity index is 861. The summed E-state index contributed by atoms with van der Waals surface area (Å²) >= 11 is 6.21. The second-order valence-corrected chi connectivity index (χ2v) is 11.7. The van der Waals surface area contributed by atoms with Crippen molar-refractivity contribution >= 4 is 45.6 Å². The minimum atomic E-state index is -3.22. The van der Waals surface area contributed by atoms with Crippen molar-refractivity contribution in [3.05, 3.63) is 28.8 Å². The lowest BCUT2D eigenvalue weighted by molar-refractivity contribution is 0.0240. The van der Waals surface area contributed by atoms with E-state index >= 15 is 0 Å². The summed E-state index contributed by atoms with van der Waals surface area (Å²) in [5.74, 6) is 0.0411. The number of rotatable bonds is 7. The number of sulfonamides is 1. The van der Waals surface area contributed by atoms with Crippen LogP contribution in [0.5, 0.6) is 0 Å². The van der Waals surface area contributed by atoms with Crippen LogP contribution >= 0.6 is 24.0 Å². The number of benzene rings is 1. The van der Waals surface area contributed by atoms with Gasteiger partial charge in [-0.15, -0.1) is 12.4 Å². The molecule has 1 aliphatic heterocycles. The van der Waals surface area contributed by atoms with E-state index in [1.807, 2.05) is 13.8 Å². The highest BCUT2D eigenvalue weighted by Crippen LogP contribution is 2.34. The van der Waals surface area contributed by atoms with Crippen molar-refractivity contribution in [1.29, 1.82) is 0 Å². The Hall–Kier alpha value is -1.06. The Balaban J connectivity index is 0.00000363. The van der Waals surface area contributed by atoms with E-state index in [4.69, 9.17) is 17.3 Å². The number of hydrogen-bond acceptors (Lipinski definition) is 5. The first-order valence-corrected chi connectivity index (χ1v) is 13.2. The summed E-state index contributed by atoms with van der Waals surface area (Å²) in [5, 5.41) is 3.43. The molecule has 3 rings (SSSR count). The van der Waals surface area contributed by atoms with Crippen LogP contribution in [0.4, 0.5) is 5.69 Å². The normalized spacial score (nSPS) is 20.0. The summed E-state index contributed by atoms with van der Waals surface area (Å²) in [6, 6.07) is 5.07. The number of nitrogens with zero attached hydrogens (tertiary/aromatic N) is 2. The highest BCUT2D eigenvalue weighted by atomic mass is 35.5. The van der Waals surface area contributed by atoms with Crippen LogP contribution in [0.2, 0.25) is 5.02 Å². The zero-order valence-electron chi connectivity index (χ0n) is 19.0. The Morgan fingerprint density at radius 3 is 2.34 bits per heavy atom. The molecule has 1 amide bonds. The van der Waals surface area contributed by atoms with Gasteiger partial charge in [0.25, 0.3) is 5.91 Å². The summed E-state index contributed by atoms with van der Waals surface area (Å²) in [5.41, 5.74) is 6.51. The molecule has 1 aliphatic carbocycles. The Morgan fingerprint density at radius 2 is 1.78 bits per heavy atom. The van der Waals surface area contributed by atoms with Crippen LogP contribution in [0.1, 0.15) is 56.3 Å². The number of hydrogen-bond donors (Lipinski definition) is 2. The summed E-state index contributed by atoms with van der Waals surface area (Å²) < 4.78 is 26.9. The maximum atomic E-state index is 12.9. The van der Waals surface area contributed by atoms with Crippen molar-refractivity contribution in [3.8, 4) is 0 Å². The van der Waals surface area contributed by atoms with E-state index in [-0.39, 0.29) is 35.5 Å². The van der Waals surface area contributed by atoms with Gasteiger partial charge in [0.15, 0.2) is 0 Å². The standard InChI is InChI=1S/C22H35ClN4O3S.ClH/c1-17(2)15-31(29,30)27-13-11-26(12-14-27)22(9-4-3-5-10-22)16-25-21(28)20-18(23)7-6-8-19(20)24;/h6-8,17H,3-5,9-16,24H2,1-2H3,(H,25,28);1H. The third kappa shape index (κ3) is 6.29. The first kappa shape index (κ1) is 27.2. The molecule has 7 nitrogen and oxygen atoms in total. The van der Waals surface area contributed by atoms with Crippen LogP contribution in [-0.4, -0.2) is 67.5 Å². The van der Waals surface area contributed by atoms with Gasteiger partial charge in [-0.25, -0.2) is 8.42 Å². The molecule has 2 aliphatic rings. The van der Waals surface area contributed by atoms with Crippen molar-refractivity contribution in [1.82, 2.24) is 14.5 Å². The monoisotopic (exact) mass is 506 g/mol. The van der Waals surface area contributed by atoms with Gasteiger partial charge in [-0.2, -0.15) is 4.31 Å². The summed E-state index contributed by atoms with van der Waals surface area (Å²) in [7, 11) is -3.22. The largest absolute Gasteiger partial charge is 0.398 e. The van der Waals surface area contributed by atoms with E-state index in [1.54, 1.807) is 22.5 Å². The van der Waals surface area contributed by atoms with Crippen LogP contribution in [0, 0.1) is 5.92 Å². The number of carbonyl (C=O) groups is 1. The number of nitrogens with two attached hydrogens (primary N) is 1. The highest BCUT2D eigenvalue weighted by Gasteiger charge is 2.41. The number of piperazine rings is 1. The van der Waals surface area contributed by atoms with E-state index in [9.17, 15) is 13.2 Å². The summed E-state index contributed by atoms with van der Waals surface area (Å²) in [6.07, 6.45) is 5.38. The number of nitrogen functional groups attached to an aromatic ring is 1. The SMILES string of the molecule is CC(C)CS(=O)(=O)N1CCN(C2(CNC(=O)c3c(N)cccc3Cl)CCCCC2)CC1.Cl. The molecule has 0 radical (unpaired) electrons. The number of amides is 1. The zero-order chi connectivity index (χ0) is 22.6. The third-order valence-corrected chi connectivity index (χ3v) is 9.04. The molecule has 1 aromatic carbocycles. The van der Waals surface area contributed by atoms with Crippen LogP contribution in [-0.2, 0) is 10.0 Å². The van der Waals surface area contributed by atoms with Crippen molar-refractivity contribution in [2.75, 3.05) is 44.2 Å². The summed E-state index contributed by atoms with van der Waals surface area (Å²) in [6.45, 7) is 6.74. The molecule has 0 aromatic heterocycles. The van der Waals surface area contributed by atoms with Gasteiger partial charge in [-0.1, -0.05) is 50.8 Å². The van der Waals surface area contributed by atoms with Crippen molar-refractivity contribution < 1.29 is 13.2 Å². The molecule has 1 heterocycles. The molecule has 3 N–H and O–H groups in total. The minimum absolute atomic E-state index is 0. The van der Waals surface area contributed by atoms with E-state index in [1.165, 1.54) is 6.42 Å². The van der Waals surface area contributed by atoms with Gasteiger partial charge in [0.05, 0.1) is 16.3 Å². The first-order chi connectivity index (χ1) is 14.6. The molecule has 2 fully saturated rings. The van der Waals surface area contributed by atoms with Crippen LogP contribution in [0.15, 0.2) is 18.2 Å². The van der Waals surface area contributed by atoms with Gasteiger partial charge in [0.1, 0.15) is 0 Å². The first-order valence-electron chi connectivity index (χ1n) is 11.2. The number of nitrogens with one attached hydrogen (secondary N) is 1. The topological polar surface area (TPSA) is 95.7 Å². The Morgan fingerprint density at radius 1 is 1.16 bits per heavy atom. The molecule has 0 unspecified atom stereocenters. The predicted molar refractivity (Wildman–Crippen MR) is 133 cm³/mol. The third-order valence-electron chi connectivity index (χ3n) is 6.48. The number of carbonyl (C=O) groups excluding carboxylic acids is 1. The van der Waals surface area contributed by atoms with E-state index in [0.717, 1.165) is 25.7 Å². The molecule has 32 heavy (non-hydrogen) atoms. The second kappa shape index (κ2) is 11.4. The van der Waals surface area contributed by atoms with E-state index < -0.39 is 10.0 Å². The molecule has 1 saturated carbocycles. The van der Waals surface area contributed by atoms with Gasteiger partial charge in [0, 0.05) is 44.0 Å². The fraction of sp³-hybridized carbons (Fsp3) is 0.682. The molecular formula is C22H36Cl2N4O3S. The van der Waals surface area contributed by atoms with Crippen LogP contribution in [0.25, 0.3) is 0 Å². The molecule has 182 valence electrons. The fourth-order valence-corrected chi connectivity index (χ4v) is 6.94. The lowest BCUT2D eigenvalue weighted by Crippen LogP contribution is -2.62. The molecule has 1 saturated heterocycles.